The van der Waals surface area contributed by atoms with E-state index in [1.165, 1.54) is 16.4 Å². The van der Waals surface area contributed by atoms with E-state index in [2.05, 4.69) is 34.8 Å². The Morgan fingerprint density at radius 1 is 1.09 bits per heavy atom. The number of nitrogens with zero attached hydrogens (tertiary/aromatic N) is 4. The molecule has 2 aromatic carbocycles. The van der Waals surface area contributed by atoms with Crippen LogP contribution in [0.2, 0.25) is 5.02 Å². The molecule has 182 valence electrons. The highest BCUT2D eigenvalue weighted by Gasteiger charge is 2.35. The molecule has 4 rings (SSSR count). The van der Waals surface area contributed by atoms with Gasteiger partial charge in [-0.05, 0) is 55.0 Å². The van der Waals surface area contributed by atoms with Crippen LogP contribution in [0.3, 0.4) is 0 Å². The second-order valence-corrected chi connectivity index (χ2v) is 8.98. The zero-order chi connectivity index (χ0) is 24.8. The van der Waals surface area contributed by atoms with E-state index in [9.17, 15) is 13.2 Å². The lowest BCUT2D eigenvalue weighted by Gasteiger charge is -2.25. The maximum Gasteiger partial charge on any atom is 0.435 e. The molecule has 0 bridgehead atoms. The number of hydrogen-bond acceptors (Lipinski definition) is 4. The van der Waals surface area contributed by atoms with Gasteiger partial charge in [0.1, 0.15) is 5.75 Å². The van der Waals surface area contributed by atoms with Gasteiger partial charge in [0.05, 0.1) is 41.6 Å². The first-order chi connectivity index (χ1) is 16.1. The normalized spacial score (nSPS) is 13.7. The number of methoxy groups -OCH3 is 1. The van der Waals surface area contributed by atoms with E-state index in [1.807, 2.05) is 26.1 Å². The van der Waals surface area contributed by atoms with Gasteiger partial charge in [0.25, 0.3) is 0 Å². The molecule has 1 aromatic heterocycles. The Morgan fingerprint density at radius 2 is 1.79 bits per heavy atom. The zero-order valence-corrected chi connectivity index (χ0v) is 20.6. The molecule has 0 saturated carbocycles. The fraction of sp³-hybridized carbons (Fsp3) is 0.400. The number of anilines is 3. The average molecular weight is 493 g/mol. The zero-order valence-electron chi connectivity index (χ0n) is 19.9. The Balaban J connectivity index is 1.83. The van der Waals surface area contributed by atoms with Crippen LogP contribution < -0.4 is 14.5 Å². The highest BCUT2D eigenvalue weighted by molar-refractivity contribution is 6.34. The molecule has 3 aromatic rings. The molecule has 0 aliphatic carbocycles. The van der Waals surface area contributed by atoms with Crippen molar-refractivity contribution in [3.8, 4) is 11.4 Å². The van der Waals surface area contributed by atoms with Crippen molar-refractivity contribution in [1.82, 2.24) is 9.78 Å². The summed E-state index contributed by atoms with van der Waals surface area (Å²) in [5.74, 6) is 0.950. The quantitative estimate of drug-likeness (QED) is 0.361. The summed E-state index contributed by atoms with van der Waals surface area (Å²) in [6, 6.07) is 8.52. The second-order valence-electron chi connectivity index (χ2n) is 8.57. The minimum absolute atomic E-state index is 0.418. The molecule has 0 fully saturated rings. The molecule has 0 spiro atoms. The van der Waals surface area contributed by atoms with Gasteiger partial charge < -0.3 is 14.5 Å². The van der Waals surface area contributed by atoms with Crippen LogP contribution in [0.4, 0.5) is 30.2 Å². The van der Waals surface area contributed by atoms with Gasteiger partial charge in [-0.1, -0.05) is 31.5 Å². The lowest BCUT2D eigenvalue weighted by atomic mass is 9.91. The number of rotatable bonds is 6. The van der Waals surface area contributed by atoms with Crippen LogP contribution in [-0.2, 0) is 6.18 Å². The summed E-state index contributed by atoms with van der Waals surface area (Å²) < 4.78 is 46.1. The Kier molecular flexibility index (Phi) is 6.46. The minimum Gasteiger partial charge on any atom is -0.494 e. The number of aryl methyl sites for hydroxylation is 1. The summed E-state index contributed by atoms with van der Waals surface area (Å²) in [5, 5.41) is 4.34. The highest BCUT2D eigenvalue weighted by Crippen LogP contribution is 2.52. The number of aromatic nitrogens is 2. The summed E-state index contributed by atoms with van der Waals surface area (Å²) in [5.41, 5.74) is 4.49. The number of ether oxygens (including phenoxy) is 1. The van der Waals surface area contributed by atoms with Crippen molar-refractivity contribution < 1.29 is 17.9 Å². The third-order valence-corrected chi connectivity index (χ3v) is 6.75. The summed E-state index contributed by atoms with van der Waals surface area (Å²) >= 11 is 6.73. The maximum absolute atomic E-state index is 13.0. The standard InChI is InChI=1S/C25H28ClF3N4O/c1-6-16(7-2)18-8-9-19(26)24-23(18)31(4)14-32(24)22-15(3)12-17(13-20(22)34-5)33-11-10-21(30-33)25(27,28)29/h8-13,16H,6-7,14H2,1-5H3. The van der Waals surface area contributed by atoms with Gasteiger partial charge in [-0.15, -0.1) is 0 Å². The van der Waals surface area contributed by atoms with E-state index >= 15 is 0 Å². The lowest BCUT2D eigenvalue weighted by molar-refractivity contribution is -0.141. The van der Waals surface area contributed by atoms with Gasteiger partial charge in [0.2, 0.25) is 0 Å². The maximum atomic E-state index is 13.0. The summed E-state index contributed by atoms with van der Waals surface area (Å²) in [6.07, 6.45) is -1.15. The minimum atomic E-state index is -4.50. The van der Waals surface area contributed by atoms with Gasteiger partial charge in [0.15, 0.2) is 5.69 Å². The SMILES string of the molecule is CCC(CC)c1ccc(Cl)c2c1N(C)CN2c1c(C)cc(-n2ccc(C(F)(F)F)n2)cc1OC. The van der Waals surface area contributed by atoms with Gasteiger partial charge >= 0.3 is 6.18 Å². The average Bonchev–Trinajstić information content (AvgIpc) is 3.41. The van der Waals surface area contributed by atoms with E-state index in [4.69, 9.17) is 16.3 Å². The molecule has 0 N–H and O–H groups in total. The summed E-state index contributed by atoms with van der Waals surface area (Å²) in [4.78, 5) is 4.30. The van der Waals surface area contributed by atoms with Gasteiger partial charge in [-0.2, -0.15) is 18.3 Å². The molecule has 0 saturated heterocycles. The summed E-state index contributed by atoms with van der Waals surface area (Å²) in [7, 11) is 3.59. The van der Waals surface area contributed by atoms with Crippen LogP contribution in [0, 0.1) is 6.92 Å². The second kappa shape index (κ2) is 9.06. The van der Waals surface area contributed by atoms with Crippen molar-refractivity contribution in [2.24, 2.45) is 0 Å². The molecule has 0 unspecified atom stereocenters. The van der Waals surface area contributed by atoms with Crippen molar-refractivity contribution in [2.45, 2.75) is 45.7 Å². The van der Waals surface area contributed by atoms with Crippen molar-refractivity contribution >= 4 is 28.7 Å². The lowest BCUT2D eigenvalue weighted by Crippen LogP contribution is -2.25. The Bertz CT molecular complexity index is 1200. The van der Waals surface area contributed by atoms with Crippen LogP contribution in [0.1, 0.15) is 49.4 Å². The molecule has 5 nitrogen and oxygen atoms in total. The molecule has 1 aliphatic rings. The third kappa shape index (κ3) is 4.08. The first-order valence-corrected chi connectivity index (χ1v) is 11.6. The van der Waals surface area contributed by atoms with E-state index in [1.54, 1.807) is 13.2 Å². The van der Waals surface area contributed by atoms with E-state index in [0.29, 0.717) is 29.0 Å². The predicted molar refractivity (Wildman–Crippen MR) is 130 cm³/mol. The van der Waals surface area contributed by atoms with E-state index in [-0.39, 0.29) is 0 Å². The number of halogens is 4. The number of fused-ring (bicyclic) bond motifs is 1. The van der Waals surface area contributed by atoms with Gasteiger partial charge in [-0.25, -0.2) is 4.68 Å². The number of hydrogen-bond donors (Lipinski definition) is 0. The van der Waals surface area contributed by atoms with Gasteiger partial charge in [-0.3, -0.25) is 0 Å². The van der Waals surface area contributed by atoms with E-state index in [0.717, 1.165) is 41.5 Å². The predicted octanol–water partition coefficient (Wildman–Crippen LogP) is 7.31. The van der Waals surface area contributed by atoms with Crippen molar-refractivity contribution in [2.75, 3.05) is 30.6 Å². The largest absolute Gasteiger partial charge is 0.494 e. The molecule has 0 radical (unpaired) electrons. The first-order valence-electron chi connectivity index (χ1n) is 11.2. The Morgan fingerprint density at radius 3 is 2.38 bits per heavy atom. The van der Waals surface area contributed by atoms with Crippen LogP contribution in [0.25, 0.3) is 5.69 Å². The first kappa shape index (κ1) is 24.3. The monoisotopic (exact) mass is 492 g/mol. The van der Waals surface area contributed by atoms with Crippen molar-refractivity contribution in [3.63, 3.8) is 0 Å². The fourth-order valence-corrected chi connectivity index (χ4v) is 5.06. The Labute approximate surface area is 202 Å². The van der Waals surface area contributed by atoms with Crippen LogP contribution in [0.5, 0.6) is 5.75 Å². The Hall–Kier alpha value is -2.87. The summed E-state index contributed by atoms with van der Waals surface area (Å²) in [6.45, 7) is 6.86. The number of benzene rings is 2. The van der Waals surface area contributed by atoms with Crippen LogP contribution in [-0.4, -0.2) is 30.6 Å². The molecule has 0 atom stereocenters. The molecule has 34 heavy (non-hydrogen) atoms. The van der Waals surface area contributed by atoms with Crippen LogP contribution >= 0.6 is 11.6 Å². The van der Waals surface area contributed by atoms with Crippen LogP contribution in [0.15, 0.2) is 36.5 Å². The fourth-order valence-electron chi connectivity index (χ4n) is 4.80. The molecule has 2 heterocycles. The molecular weight excluding hydrogens is 465 g/mol. The molecule has 9 heteroatoms. The number of alkyl halides is 3. The topological polar surface area (TPSA) is 33.5 Å². The van der Waals surface area contributed by atoms with Crippen molar-refractivity contribution in [1.29, 1.82) is 0 Å². The van der Waals surface area contributed by atoms with Crippen molar-refractivity contribution in [3.05, 3.63) is 58.4 Å². The highest BCUT2D eigenvalue weighted by atomic mass is 35.5. The molecule has 1 aliphatic heterocycles. The van der Waals surface area contributed by atoms with Gasteiger partial charge in [0, 0.05) is 19.3 Å². The molecule has 0 amide bonds. The smallest absolute Gasteiger partial charge is 0.435 e. The van der Waals surface area contributed by atoms with E-state index < -0.39 is 11.9 Å². The third-order valence-electron chi connectivity index (χ3n) is 6.45. The molecular formula is C25H28ClF3N4O.